The van der Waals surface area contributed by atoms with Gasteiger partial charge in [0.2, 0.25) is 0 Å². The van der Waals surface area contributed by atoms with Crippen LogP contribution in [0.2, 0.25) is 0 Å². The third-order valence-electron chi connectivity index (χ3n) is 3.17. The zero-order valence-corrected chi connectivity index (χ0v) is 12.4. The molecule has 6 heteroatoms. The Bertz CT molecular complexity index is 956. The van der Waals surface area contributed by atoms with Gasteiger partial charge in [0.1, 0.15) is 10.7 Å². The quantitative estimate of drug-likeness (QED) is 0.613. The lowest BCUT2D eigenvalue weighted by atomic mass is 10.2. The Morgan fingerprint density at radius 1 is 1.14 bits per heavy atom. The molecule has 0 saturated heterocycles. The first-order valence-electron chi connectivity index (χ1n) is 6.29. The number of pyridine rings is 1. The van der Waals surface area contributed by atoms with Crippen LogP contribution < -0.4 is 5.56 Å². The predicted octanol–water partition coefficient (Wildman–Crippen LogP) is 3.78. The van der Waals surface area contributed by atoms with Crippen molar-refractivity contribution in [3.8, 4) is 21.8 Å². The Kier molecular flexibility index (Phi) is 2.90. The molecule has 0 spiro atoms. The van der Waals surface area contributed by atoms with Gasteiger partial charge < -0.3 is 4.98 Å². The number of fused-ring (bicyclic) bond motifs is 1. The lowest BCUT2D eigenvalue weighted by molar-refractivity contribution is 1.18. The summed E-state index contributed by atoms with van der Waals surface area (Å²) in [4.78, 5) is 25.8. The zero-order chi connectivity index (χ0) is 14.2. The first kappa shape index (κ1) is 12.4. The number of H-pyrrole nitrogens is 1. The maximum Gasteiger partial charge on any atom is 0.260 e. The molecule has 0 radical (unpaired) electrons. The summed E-state index contributed by atoms with van der Waals surface area (Å²) in [5.41, 5.74) is 1.66. The van der Waals surface area contributed by atoms with Crippen LogP contribution in [0, 0.1) is 0 Å². The molecule has 4 aromatic heterocycles. The Labute approximate surface area is 127 Å². The minimum Gasteiger partial charge on any atom is -0.306 e. The number of rotatable bonds is 2. The average Bonchev–Trinajstić information content (AvgIpc) is 3.17. The summed E-state index contributed by atoms with van der Waals surface area (Å²) >= 11 is 3.11. The number of thiophene rings is 2. The van der Waals surface area contributed by atoms with Crippen LogP contribution in [0.4, 0.5) is 0 Å². The lowest BCUT2D eigenvalue weighted by Crippen LogP contribution is -2.08. The van der Waals surface area contributed by atoms with Gasteiger partial charge in [-0.15, -0.1) is 22.7 Å². The van der Waals surface area contributed by atoms with E-state index in [1.165, 1.54) is 11.3 Å². The highest BCUT2D eigenvalue weighted by Gasteiger charge is 2.14. The van der Waals surface area contributed by atoms with E-state index in [1.807, 2.05) is 35.0 Å². The highest BCUT2D eigenvalue weighted by Crippen LogP contribution is 2.33. The number of aromatic nitrogens is 3. The number of aromatic amines is 1. The summed E-state index contributed by atoms with van der Waals surface area (Å²) in [6, 6.07) is 7.70. The molecule has 4 aromatic rings. The van der Waals surface area contributed by atoms with Gasteiger partial charge in [0, 0.05) is 33.8 Å². The normalized spacial score (nSPS) is 11.0. The molecular formula is C15H9N3OS2. The van der Waals surface area contributed by atoms with Crippen molar-refractivity contribution in [2.75, 3.05) is 0 Å². The minimum absolute atomic E-state index is 0.108. The van der Waals surface area contributed by atoms with Crippen molar-refractivity contribution in [3.63, 3.8) is 0 Å². The SMILES string of the molecule is O=c1[nH]c(-c2cccnc2)nc2scc(-c3cccs3)c12. The minimum atomic E-state index is -0.108. The van der Waals surface area contributed by atoms with Crippen LogP contribution in [0.25, 0.3) is 32.0 Å². The van der Waals surface area contributed by atoms with E-state index in [2.05, 4.69) is 15.0 Å². The third kappa shape index (κ3) is 2.09. The number of nitrogens with zero attached hydrogens (tertiary/aromatic N) is 2. The molecule has 0 aromatic carbocycles. The van der Waals surface area contributed by atoms with E-state index in [4.69, 9.17) is 0 Å². The average molecular weight is 311 g/mol. The maximum absolute atomic E-state index is 12.4. The fourth-order valence-electron chi connectivity index (χ4n) is 2.20. The van der Waals surface area contributed by atoms with Gasteiger partial charge in [-0.05, 0) is 23.6 Å². The van der Waals surface area contributed by atoms with Gasteiger partial charge >= 0.3 is 0 Å². The first-order valence-corrected chi connectivity index (χ1v) is 8.04. The van der Waals surface area contributed by atoms with Crippen molar-refractivity contribution in [1.29, 1.82) is 0 Å². The molecule has 0 aliphatic rings. The Balaban J connectivity index is 1.96. The third-order valence-corrected chi connectivity index (χ3v) is 4.94. The molecule has 0 aliphatic carbocycles. The van der Waals surface area contributed by atoms with Gasteiger partial charge in [0.15, 0.2) is 0 Å². The van der Waals surface area contributed by atoms with E-state index < -0.39 is 0 Å². The van der Waals surface area contributed by atoms with Gasteiger partial charge in [-0.25, -0.2) is 4.98 Å². The molecule has 4 rings (SSSR count). The fourth-order valence-corrected chi connectivity index (χ4v) is 3.96. The van der Waals surface area contributed by atoms with Crippen molar-refractivity contribution in [2.24, 2.45) is 0 Å². The van der Waals surface area contributed by atoms with Crippen LogP contribution in [-0.2, 0) is 0 Å². The van der Waals surface area contributed by atoms with E-state index in [0.29, 0.717) is 11.2 Å². The van der Waals surface area contributed by atoms with Crippen LogP contribution >= 0.6 is 22.7 Å². The second kappa shape index (κ2) is 4.91. The number of nitrogens with one attached hydrogen (secondary N) is 1. The van der Waals surface area contributed by atoms with Crippen LogP contribution in [0.3, 0.4) is 0 Å². The standard InChI is InChI=1S/C15H9N3OS2/c19-14-12-10(11-4-2-6-20-11)8-21-15(12)18-13(17-14)9-3-1-5-16-7-9/h1-8H,(H,17,18,19). The smallest absolute Gasteiger partial charge is 0.260 e. The van der Waals surface area contributed by atoms with E-state index in [1.54, 1.807) is 23.7 Å². The molecule has 0 unspecified atom stereocenters. The van der Waals surface area contributed by atoms with Crippen molar-refractivity contribution < 1.29 is 0 Å². The molecule has 1 N–H and O–H groups in total. The summed E-state index contributed by atoms with van der Waals surface area (Å²) < 4.78 is 0. The number of hydrogen-bond donors (Lipinski definition) is 1. The largest absolute Gasteiger partial charge is 0.306 e. The molecular weight excluding hydrogens is 302 g/mol. The van der Waals surface area contributed by atoms with Crippen LogP contribution in [0.5, 0.6) is 0 Å². The second-order valence-corrected chi connectivity index (χ2v) is 6.27. The fraction of sp³-hybridized carbons (Fsp3) is 0. The summed E-state index contributed by atoms with van der Waals surface area (Å²) in [6.07, 6.45) is 3.39. The van der Waals surface area contributed by atoms with Crippen LogP contribution in [-0.4, -0.2) is 15.0 Å². The summed E-state index contributed by atoms with van der Waals surface area (Å²) in [5, 5.41) is 4.66. The van der Waals surface area contributed by atoms with E-state index in [-0.39, 0.29) is 5.56 Å². The van der Waals surface area contributed by atoms with Crippen molar-refractivity contribution in [1.82, 2.24) is 15.0 Å². The molecule has 21 heavy (non-hydrogen) atoms. The molecule has 102 valence electrons. The molecule has 0 fully saturated rings. The van der Waals surface area contributed by atoms with E-state index in [9.17, 15) is 4.79 Å². The highest BCUT2D eigenvalue weighted by atomic mass is 32.1. The van der Waals surface area contributed by atoms with Crippen molar-refractivity contribution in [2.45, 2.75) is 0 Å². The van der Waals surface area contributed by atoms with Gasteiger partial charge in [0.05, 0.1) is 5.39 Å². The molecule has 0 atom stereocenters. The van der Waals surface area contributed by atoms with Crippen LogP contribution in [0.15, 0.2) is 52.2 Å². The van der Waals surface area contributed by atoms with E-state index >= 15 is 0 Å². The molecule has 0 amide bonds. The summed E-state index contributed by atoms with van der Waals surface area (Å²) in [5.74, 6) is 0.556. The predicted molar refractivity (Wildman–Crippen MR) is 86.8 cm³/mol. The monoisotopic (exact) mass is 311 g/mol. The molecule has 4 heterocycles. The molecule has 0 bridgehead atoms. The molecule has 0 aliphatic heterocycles. The van der Waals surface area contributed by atoms with Gasteiger partial charge in [-0.1, -0.05) is 6.07 Å². The van der Waals surface area contributed by atoms with E-state index in [0.717, 1.165) is 20.8 Å². The second-order valence-electron chi connectivity index (χ2n) is 4.46. The Morgan fingerprint density at radius 2 is 2.10 bits per heavy atom. The van der Waals surface area contributed by atoms with Gasteiger partial charge in [-0.3, -0.25) is 9.78 Å². The lowest BCUT2D eigenvalue weighted by Gasteiger charge is -2.00. The molecule has 4 nitrogen and oxygen atoms in total. The maximum atomic E-state index is 12.4. The number of hydrogen-bond acceptors (Lipinski definition) is 5. The van der Waals surface area contributed by atoms with Crippen LogP contribution in [0.1, 0.15) is 0 Å². The summed E-state index contributed by atoms with van der Waals surface area (Å²) in [7, 11) is 0. The first-order chi connectivity index (χ1) is 10.3. The summed E-state index contributed by atoms with van der Waals surface area (Å²) in [6.45, 7) is 0. The van der Waals surface area contributed by atoms with Gasteiger partial charge in [-0.2, -0.15) is 0 Å². The van der Waals surface area contributed by atoms with Gasteiger partial charge in [0.25, 0.3) is 5.56 Å². The topological polar surface area (TPSA) is 58.6 Å². The van der Waals surface area contributed by atoms with Crippen molar-refractivity contribution in [3.05, 3.63) is 57.8 Å². The molecule has 0 saturated carbocycles. The van der Waals surface area contributed by atoms with Crippen molar-refractivity contribution >= 4 is 32.9 Å². The zero-order valence-electron chi connectivity index (χ0n) is 10.7. The highest BCUT2D eigenvalue weighted by molar-refractivity contribution is 7.18. The Morgan fingerprint density at radius 3 is 2.86 bits per heavy atom. The Hall–Kier alpha value is -2.31.